The van der Waals surface area contributed by atoms with Gasteiger partial charge in [0.15, 0.2) is 5.57 Å². The molecule has 36 heavy (non-hydrogen) atoms. The molecule has 2 rings (SSSR count). The first kappa shape index (κ1) is 28.1. The van der Waals surface area contributed by atoms with Gasteiger partial charge in [-0.3, -0.25) is 19.1 Å². The van der Waals surface area contributed by atoms with E-state index in [1.807, 2.05) is 18.0 Å². The van der Waals surface area contributed by atoms with Crippen molar-refractivity contribution in [2.75, 3.05) is 37.4 Å². The van der Waals surface area contributed by atoms with Gasteiger partial charge in [-0.05, 0) is 45.1 Å². The SMILES string of the molecule is C=CCOC(=O)C(=C=c1sc(=C=CNc2cccc(NC(=O)CN(C)CCC)c2)c(=O)n1CC)C#N. The first-order valence-electron chi connectivity index (χ1n) is 11.3. The molecule has 1 aromatic heterocycles. The van der Waals surface area contributed by atoms with E-state index in [4.69, 9.17) is 4.74 Å². The highest BCUT2D eigenvalue weighted by atomic mass is 32.1. The summed E-state index contributed by atoms with van der Waals surface area (Å²) in [6.45, 7) is 8.71. The van der Waals surface area contributed by atoms with Crippen LogP contribution in [0.5, 0.6) is 0 Å². The van der Waals surface area contributed by atoms with Crippen LogP contribution in [-0.4, -0.2) is 48.1 Å². The molecule has 0 aliphatic rings. The number of amides is 1. The van der Waals surface area contributed by atoms with Crippen LogP contribution in [-0.2, 0) is 20.9 Å². The second-order valence-electron chi connectivity index (χ2n) is 7.58. The van der Waals surface area contributed by atoms with E-state index in [9.17, 15) is 19.6 Å². The Morgan fingerprint density at radius 2 is 2.06 bits per heavy atom. The quantitative estimate of drug-likeness (QED) is 0.206. The molecule has 188 valence electrons. The number of thiazole rings is 1. The summed E-state index contributed by atoms with van der Waals surface area (Å²) >= 11 is 1.05. The Labute approximate surface area is 213 Å². The standard InChI is InChI=1S/C26H29N5O4S/c1-5-13-30(4)18-23(32)29-21-10-8-9-20(16-21)28-12-11-22-25(33)31(7-3)24(36-22)15-19(17-27)26(34)35-14-6-2/h6,8-10,12,16,28H,2,5,7,13-14,18H2,1,3-4H3,(H,29,32). The number of aromatic nitrogens is 1. The number of nitrogens with zero attached hydrogens (tertiary/aromatic N) is 3. The molecule has 9 nitrogen and oxygen atoms in total. The zero-order valence-corrected chi connectivity index (χ0v) is 21.4. The zero-order valence-electron chi connectivity index (χ0n) is 20.6. The van der Waals surface area contributed by atoms with Crippen molar-refractivity contribution in [3.8, 4) is 6.07 Å². The van der Waals surface area contributed by atoms with Crippen molar-refractivity contribution in [2.24, 2.45) is 0 Å². The third-order valence-corrected chi connectivity index (χ3v) is 5.70. The molecule has 2 aromatic rings. The molecule has 0 radical (unpaired) electrons. The smallest absolute Gasteiger partial charge is 0.357 e. The largest absolute Gasteiger partial charge is 0.457 e. The van der Waals surface area contributed by atoms with Crippen LogP contribution in [0.1, 0.15) is 20.3 Å². The van der Waals surface area contributed by atoms with E-state index in [1.54, 1.807) is 31.2 Å². The Hall–Kier alpha value is -4.12. The normalized spacial score (nSPS) is 9.97. The number of anilines is 2. The number of ether oxygens (including phenoxy) is 1. The van der Waals surface area contributed by atoms with Gasteiger partial charge in [-0.1, -0.05) is 48.4 Å². The van der Waals surface area contributed by atoms with E-state index in [1.165, 1.54) is 16.8 Å². The molecular weight excluding hydrogens is 478 g/mol. The highest BCUT2D eigenvalue weighted by Gasteiger charge is 2.10. The highest BCUT2D eigenvalue weighted by Crippen LogP contribution is 2.15. The van der Waals surface area contributed by atoms with Crippen LogP contribution in [0.15, 0.2) is 53.5 Å². The van der Waals surface area contributed by atoms with Gasteiger partial charge in [0.05, 0.1) is 6.54 Å². The van der Waals surface area contributed by atoms with Crippen molar-refractivity contribution < 1.29 is 14.3 Å². The molecule has 0 unspecified atom stereocenters. The summed E-state index contributed by atoms with van der Waals surface area (Å²) in [5, 5.41) is 15.2. The fraction of sp³-hybridized carbons (Fsp3) is 0.308. The molecule has 1 heterocycles. The first-order chi connectivity index (χ1) is 17.3. The number of rotatable bonds is 11. The maximum atomic E-state index is 12.7. The van der Waals surface area contributed by atoms with E-state index in [2.05, 4.69) is 35.6 Å². The monoisotopic (exact) mass is 507 g/mol. The van der Waals surface area contributed by atoms with Crippen LogP contribution in [0.25, 0.3) is 11.5 Å². The Balaban J connectivity index is 2.31. The van der Waals surface area contributed by atoms with Gasteiger partial charge in [0.25, 0.3) is 5.56 Å². The van der Waals surface area contributed by atoms with Crippen LogP contribution in [0.4, 0.5) is 11.4 Å². The lowest BCUT2D eigenvalue weighted by molar-refractivity contribution is -0.137. The molecule has 10 heteroatoms. The van der Waals surface area contributed by atoms with Crippen molar-refractivity contribution in [3.63, 3.8) is 0 Å². The van der Waals surface area contributed by atoms with Crippen molar-refractivity contribution >= 4 is 46.1 Å². The topological polar surface area (TPSA) is 116 Å². The van der Waals surface area contributed by atoms with E-state index >= 15 is 0 Å². The lowest BCUT2D eigenvalue weighted by Gasteiger charge is -2.15. The molecule has 1 aromatic carbocycles. The fourth-order valence-electron chi connectivity index (χ4n) is 3.10. The summed E-state index contributed by atoms with van der Waals surface area (Å²) < 4.78 is 6.85. The van der Waals surface area contributed by atoms with Crippen molar-refractivity contribution in [3.05, 3.63) is 68.2 Å². The summed E-state index contributed by atoms with van der Waals surface area (Å²) in [7, 11) is 1.90. The van der Waals surface area contributed by atoms with Gasteiger partial charge >= 0.3 is 5.97 Å². The highest BCUT2D eigenvalue weighted by molar-refractivity contribution is 7.07. The minimum Gasteiger partial charge on any atom is -0.457 e. The molecule has 2 N–H and O–H groups in total. The summed E-state index contributed by atoms with van der Waals surface area (Å²) in [5.41, 5.74) is 6.26. The van der Waals surface area contributed by atoms with Gasteiger partial charge in [0.2, 0.25) is 5.91 Å². The van der Waals surface area contributed by atoms with Gasteiger partial charge in [-0.25, -0.2) is 4.79 Å². The minimum absolute atomic E-state index is 0.0368. The second-order valence-corrected chi connectivity index (χ2v) is 8.58. The molecule has 1 amide bonds. The Morgan fingerprint density at radius 3 is 2.72 bits per heavy atom. The van der Waals surface area contributed by atoms with Crippen LogP contribution in [0.3, 0.4) is 0 Å². The fourth-order valence-corrected chi connectivity index (χ4v) is 4.08. The number of carbonyl (C=O) groups is 2. The Bertz CT molecular complexity index is 1400. The van der Waals surface area contributed by atoms with Gasteiger partial charge < -0.3 is 15.4 Å². The average molecular weight is 508 g/mol. The summed E-state index contributed by atoms with van der Waals surface area (Å²) in [5.74, 6) is -0.946. The van der Waals surface area contributed by atoms with Crippen LogP contribution < -0.4 is 25.4 Å². The minimum atomic E-state index is -0.840. The predicted molar refractivity (Wildman–Crippen MR) is 142 cm³/mol. The summed E-state index contributed by atoms with van der Waals surface area (Å²) in [6, 6.07) is 8.92. The van der Waals surface area contributed by atoms with Crippen molar-refractivity contribution in [1.29, 1.82) is 5.26 Å². The number of benzene rings is 1. The first-order valence-corrected chi connectivity index (χ1v) is 12.1. The number of hydrogen-bond acceptors (Lipinski definition) is 8. The molecule has 0 aliphatic carbocycles. The number of carbonyl (C=O) groups excluding carboxylic acids is 2. The van der Waals surface area contributed by atoms with E-state index < -0.39 is 5.97 Å². The molecule has 0 atom stereocenters. The molecular formula is C26H29N5O4S. The van der Waals surface area contributed by atoms with Crippen LogP contribution in [0.2, 0.25) is 0 Å². The number of likely N-dealkylation sites (N-methyl/N-ethyl adjacent to an activating group) is 1. The molecule has 0 aliphatic heterocycles. The summed E-state index contributed by atoms with van der Waals surface area (Å²) in [6.07, 6.45) is 3.85. The number of hydrogen-bond donors (Lipinski definition) is 2. The number of esters is 1. The lowest BCUT2D eigenvalue weighted by Crippen LogP contribution is -2.30. The lowest BCUT2D eigenvalue weighted by atomic mass is 10.2. The Kier molecular flexibility index (Phi) is 11.2. The molecule has 0 bridgehead atoms. The van der Waals surface area contributed by atoms with E-state index in [0.29, 0.717) is 29.1 Å². The Morgan fingerprint density at radius 1 is 1.31 bits per heavy atom. The maximum Gasteiger partial charge on any atom is 0.357 e. The van der Waals surface area contributed by atoms with Gasteiger partial charge in [-0.2, -0.15) is 5.26 Å². The van der Waals surface area contributed by atoms with E-state index in [-0.39, 0.29) is 28.2 Å². The second kappa shape index (κ2) is 14.3. The van der Waals surface area contributed by atoms with Crippen LogP contribution in [0, 0.1) is 11.3 Å². The summed E-state index contributed by atoms with van der Waals surface area (Å²) in [4.78, 5) is 38.9. The third kappa shape index (κ3) is 8.27. The van der Waals surface area contributed by atoms with Crippen LogP contribution >= 0.6 is 11.3 Å². The zero-order chi connectivity index (χ0) is 26.5. The maximum absolute atomic E-state index is 12.7. The number of nitrogens with one attached hydrogen (secondary N) is 2. The van der Waals surface area contributed by atoms with Crippen molar-refractivity contribution in [2.45, 2.75) is 26.8 Å². The van der Waals surface area contributed by atoms with Crippen molar-refractivity contribution in [1.82, 2.24) is 9.47 Å². The van der Waals surface area contributed by atoms with Gasteiger partial charge in [-0.15, -0.1) is 0 Å². The molecule has 0 saturated carbocycles. The average Bonchev–Trinajstić information content (AvgIpc) is 3.15. The molecule has 0 fully saturated rings. The number of nitriles is 1. The predicted octanol–water partition coefficient (Wildman–Crippen LogP) is 1.77. The van der Waals surface area contributed by atoms with Gasteiger partial charge in [0.1, 0.15) is 21.9 Å². The van der Waals surface area contributed by atoms with E-state index in [0.717, 1.165) is 24.3 Å². The molecule has 0 spiro atoms. The molecule has 0 saturated heterocycles. The van der Waals surface area contributed by atoms with Gasteiger partial charge in [0, 0.05) is 24.1 Å². The third-order valence-electron chi connectivity index (χ3n) is 4.69.